The minimum Gasteiger partial charge on any atom is -0.479 e. The van der Waals surface area contributed by atoms with Crippen LogP contribution >= 0.6 is 0 Å². The molecule has 0 spiro atoms. The Labute approximate surface area is 122 Å². The third-order valence-electron chi connectivity index (χ3n) is 4.72. The summed E-state index contributed by atoms with van der Waals surface area (Å²) in [5, 5.41) is 9.70. The molecule has 1 heterocycles. The first-order valence-electron chi connectivity index (χ1n) is 7.19. The number of rotatable bonds is 2. The van der Waals surface area contributed by atoms with Gasteiger partial charge in [-0.25, -0.2) is 4.79 Å². The third-order valence-corrected chi connectivity index (χ3v) is 4.72. The Morgan fingerprint density at radius 2 is 1.62 bits per heavy atom. The van der Waals surface area contributed by atoms with Gasteiger partial charge in [-0.3, -0.25) is 14.5 Å². The predicted octanol–water partition coefficient (Wildman–Crippen LogP) is 2.32. The highest BCUT2D eigenvalue weighted by molar-refractivity contribution is 6.23. The molecule has 0 atom stereocenters. The zero-order valence-corrected chi connectivity index (χ0v) is 11.8. The smallest absolute Gasteiger partial charge is 0.330 e. The first kappa shape index (κ1) is 13.8. The predicted molar refractivity (Wildman–Crippen MR) is 74.9 cm³/mol. The van der Waals surface area contributed by atoms with Crippen molar-refractivity contribution >= 4 is 17.8 Å². The van der Waals surface area contributed by atoms with E-state index in [-0.39, 0.29) is 0 Å². The van der Waals surface area contributed by atoms with E-state index in [9.17, 15) is 19.5 Å². The van der Waals surface area contributed by atoms with E-state index in [0.717, 1.165) is 4.90 Å². The summed E-state index contributed by atoms with van der Waals surface area (Å²) in [7, 11) is 0. The number of aliphatic carboxylic acids is 1. The number of hydrogen-bond donors (Lipinski definition) is 1. The monoisotopic (exact) mass is 287 g/mol. The molecule has 1 fully saturated rings. The van der Waals surface area contributed by atoms with Crippen molar-refractivity contribution in [3.05, 3.63) is 35.4 Å². The van der Waals surface area contributed by atoms with Crippen molar-refractivity contribution in [3.8, 4) is 0 Å². The fourth-order valence-electron chi connectivity index (χ4n) is 3.35. The molecule has 1 aliphatic carbocycles. The molecule has 1 aromatic carbocycles. The summed E-state index contributed by atoms with van der Waals surface area (Å²) >= 11 is 0. The van der Waals surface area contributed by atoms with Crippen LogP contribution in [0.15, 0.2) is 24.3 Å². The Morgan fingerprint density at radius 1 is 1.14 bits per heavy atom. The van der Waals surface area contributed by atoms with Crippen molar-refractivity contribution in [2.24, 2.45) is 5.92 Å². The summed E-state index contributed by atoms with van der Waals surface area (Å²) < 4.78 is 0. The van der Waals surface area contributed by atoms with E-state index in [1.165, 1.54) is 0 Å². The molecule has 0 radical (unpaired) electrons. The van der Waals surface area contributed by atoms with Gasteiger partial charge in [-0.1, -0.05) is 19.1 Å². The van der Waals surface area contributed by atoms with Gasteiger partial charge in [-0.05, 0) is 43.7 Å². The van der Waals surface area contributed by atoms with Crippen LogP contribution in [0.3, 0.4) is 0 Å². The van der Waals surface area contributed by atoms with Crippen molar-refractivity contribution in [2.45, 2.75) is 38.1 Å². The number of nitrogens with zero attached hydrogens (tertiary/aromatic N) is 1. The lowest BCUT2D eigenvalue weighted by Gasteiger charge is -2.41. The van der Waals surface area contributed by atoms with Crippen LogP contribution in [0.2, 0.25) is 0 Å². The van der Waals surface area contributed by atoms with Crippen LogP contribution in [0.1, 0.15) is 53.3 Å². The number of carboxylic acids is 1. The minimum absolute atomic E-state index is 0.307. The molecule has 0 unspecified atom stereocenters. The van der Waals surface area contributed by atoms with E-state index in [1.807, 2.05) is 0 Å². The summed E-state index contributed by atoms with van der Waals surface area (Å²) in [5.41, 5.74) is -0.775. The second-order valence-corrected chi connectivity index (χ2v) is 6.01. The normalized spacial score (nSPS) is 28.6. The van der Waals surface area contributed by atoms with Gasteiger partial charge in [0.2, 0.25) is 0 Å². The van der Waals surface area contributed by atoms with E-state index in [4.69, 9.17) is 0 Å². The Morgan fingerprint density at radius 3 is 2.05 bits per heavy atom. The molecule has 3 rings (SSSR count). The lowest BCUT2D eigenvalue weighted by molar-refractivity contribution is -0.151. The summed E-state index contributed by atoms with van der Waals surface area (Å²) in [6.45, 7) is 2.06. The number of amides is 2. The van der Waals surface area contributed by atoms with Gasteiger partial charge in [-0.2, -0.15) is 0 Å². The zero-order chi connectivity index (χ0) is 15.2. The molecular formula is C16H17NO4. The molecule has 2 amide bonds. The molecule has 1 N–H and O–H groups in total. The number of carbonyl (C=O) groups is 3. The van der Waals surface area contributed by atoms with Gasteiger partial charge in [0.25, 0.3) is 11.8 Å². The Hall–Kier alpha value is -2.17. The molecule has 2 aliphatic rings. The van der Waals surface area contributed by atoms with Gasteiger partial charge >= 0.3 is 5.97 Å². The van der Waals surface area contributed by atoms with Crippen LogP contribution in [-0.2, 0) is 4.79 Å². The summed E-state index contributed by atoms with van der Waals surface area (Å²) in [6.07, 6.45) is 2.07. The summed E-state index contributed by atoms with van der Waals surface area (Å²) in [5.74, 6) is -1.61. The highest BCUT2D eigenvalue weighted by atomic mass is 16.4. The SMILES string of the molecule is CC1CCC(C(=O)O)(N2C(=O)c3ccccc3C2=O)CC1. The summed E-state index contributed by atoms with van der Waals surface area (Å²) in [6, 6.07) is 6.53. The Bertz CT molecular complexity index is 594. The van der Waals surface area contributed by atoms with Crippen LogP contribution in [-0.4, -0.2) is 33.3 Å². The second kappa shape index (κ2) is 4.69. The van der Waals surface area contributed by atoms with Crippen LogP contribution in [0.4, 0.5) is 0 Å². The minimum atomic E-state index is -1.39. The molecule has 1 aliphatic heterocycles. The number of carboxylic acid groups (broad SMARTS) is 1. The number of fused-ring (bicyclic) bond motifs is 1. The van der Waals surface area contributed by atoms with E-state index in [2.05, 4.69) is 6.92 Å². The zero-order valence-electron chi connectivity index (χ0n) is 11.8. The Kier molecular flexibility index (Phi) is 3.08. The van der Waals surface area contributed by atoms with Gasteiger partial charge < -0.3 is 5.11 Å². The molecule has 5 nitrogen and oxygen atoms in total. The molecule has 21 heavy (non-hydrogen) atoms. The molecule has 1 saturated carbocycles. The maximum Gasteiger partial charge on any atom is 0.330 e. The van der Waals surface area contributed by atoms with Gasteiger partial charge in [-0.15, -0.1) is 0 Å². The summed E-state index contributed by atoms with van der Waals surface area (Å²) in [4.78, 5) is 37.9. The maximum atomic E-state index is 12.5. The third kappa shape index (κ3) is 1.87. The molecule has 5 heteroatoms. The van der Waals surface area contributed by atoms with Crippen molar-refractivity contribution in [2.75, 3.05) is 0 Å². The van der Waals surface area contributed by atoms with Gasteiger partial charge in [0.05, 0.1) is 11.1 Å². The topological polar surface area (TPSA) is 74.7 Å². The van der Waals surface area contributed by atoms with Crippen LogP contribution < -0.4 is 0 Å². The lowest BCUT2D eigenvalue weighted by atomic mass is 9.76. The van der Waals surface area contributed by atoms with E-state index < -0.39 is 23.3 Å². The number of carbonyl (C=O) groups excluding carboxylic acids is 2. The molecule has 1 aromatic rings. The molecule has 0 bridgehead atoms. The average molecular weight is 287 g/mol. The first-order valence-corrected chi connectivity index (χ1v) is 7.19. The van der Waals surface area contributed by atoms with Crippen molar-refractivity contribution in [1.82, 2.24) is 4.90 Å². The quantitative estimate of drug-likeness (QED) is 0.847. The van der Waals surface area contributed by atoms with Gasteiger partial charge in [0.15, 0.2) is 0 Å². The van der Waals surface area contributed by atoms with Gasteiger partial charge in [0.1, 0.15) is 5.54 Å². The number of hydrogen-bond acceptors (Lipinski definition) is 3. The van der Waals surface area contributed by atoms with Crippen LogP contribution in [0.5, 0.6) is 0 Å². The van der Waals surface area contributed by atoms with Gasteiger partial charge in [0, 0.05) is 0 Å². The number of imide groups is 1. The van der Waals surface area contributed by atoms with Crippen LogP contribution in [0.25, 0.3) is 0 Å². The standard InChI is InChI=1S/C16H17NO4/c1-10-6-8-16(9-7-10,15(20)21)17-13(18)11-4-2-3-5-12(11)14(17)19/h2-5,10H,6-9H2,1H3,(H,20,21). The molecule has 0 aromatic heterocycles. The average Bonchev–Trinajstić information content (AvgIpc) is 2.73. The van der Waals surface area contributed by atoms with Crippen molar-refractivity contribution < 1.29 is 19.5 Å². The van der Waals surface area contributed by atoms with E-state index in [1.54, 1.807) is 24.3 Å². The maximum absolute atomic E-state index is 12.5. The van der Waals surface area contributed by atoms with E-state index in [0.29, 0.717) is 42.7 Å². The van der Waals surface area contributed by atoms with Crippen molar-refractivity contribution in [3.63, 3.8) is 0 Å². The highest BCUT2D eigenvalue weighted by Crippen LogP contribution is 2.40. The lowest BCUT2D eigenvalue weighted by Crippen LogP contribution is -2.58. The van der Waals surface area contributed by atoms with Crippen molar-refractivity contribution in [1.29, 1.82) is 0 Å². The van der Waals surface area contributed by atoms with E-state index >= 15 is 0 Å². The first-order chi connectivity index (χ1) is 9.97. The fraction of sp³-hybridized carbons (Fsp3) is 0.438. The fourth-order valence-corrected chi connectivity index (χ4v) is 3.35. The highest BCUT2D eigenvalue weighted by Gasteiger charge is 2.54. The largest absolute Gasteiger partial charge is 0.479 e. The van der Waals surface area contributed by atoms with Crippen LogP contribution in [0, 0.1) is 5.92 Å². The molecule has 0 saturated heterocycles. The molecule has 110 valence electrons. The Balaban J connectivity index is 2.05. The number of benzene rings is 1. The molecular weight excluding hydrogens is 270 g/mol. The second-order valence-electron chi connectivity index (χ2n) is 6.01.